The molecule has 16 heavy (non-hydrogen) atoms. The van der Waals surface area contributed by atoms with Gasteiger partial charge in [0.2, 0.25) is 0 Å². The highest BCUT2D eigenvalue weighted by Gasteiger charge is 2.40. The third kappa shape index (κ3) is 0.876. The normalized spacial score (nSPS) is 26.2. The van der Waals surface area contributed by atoms with Crippen LogP contribution in [0.25, 0.3) is 11.2 Å². The summed E-state index contributed by atoms with van der Waals surface area (Å²) in [6, 6.07) is 0. The van der Waals surface area contributed by atoms with Crippen LogP contribution in [0, 0.1) is 0 Å². The fourth-order valence-electron chi connectivity index (χ4n) is 3.27. The zero-order valence-corrected chi connectivity index (χ0v) is 8.85. The lowest BCUT2D eigenvalue weighted by Gasteiger charge is -2.16. The Morgan fingerprint density at radius 2 is 1.94 bits per heavy atom. The molecule has 2 N–H and O–H groups in total. The van der Waals surface area contributed by atoms with Crippen LogP contribution in [0.2, 0.25) is 0 Å². The van der Waals surface area contributed by atoms with Crippen LogP contribution in [0.4, 0.5) is 5.69 Å². The zero-order valence-electron chi connectivity index (χ0n) is 8.85. The van der Waals surface area contributed by atoms with Crippen molar-refractivity contribution in [3.8, 4) is 0 Å². The summed E-state index contributed by atoms with van der Waals surface area (Å²) in [6.07, 6.45) is 7.10. The van der Waals surface area contributed by atoms with E-state index in [0.29, 0.717) is 17.5 Å². The van der Waals surface area contributed by atoms with E-state index in [1.165, 1.54) is 30.5 Å². The number of nitrogens with zero attached hydrogens (tertiary/aromatic N) is 3. The predicted molar refractivity (Wildman–Crippen MR) is 61.1 cm³/mol. The van der Waals surface area contributed by atoms with Crippen molar-refractivity contribution >= 4 is 16.9 Å². The fourth-order valence-corrected chi connectivity index (χ4v) is 3.27. The molecule has 4 rings (SSSR count). The van der Waals surface area contributed by atoms with Crippen LogP contribution >= 0.6 is 0 Å². The second-order valence-corrected chi connectivity index (χ2v) is 4.76. The molecule has 0 radical (unpaired) electrons. The molecule has 0 aromatic carbocycles. The maximum atomic E-state index is 6.21. The van der Waals surface area contributed by atoms with Gasteiger partial charge in [-0.25, -0.2) is 15.0 Å². The molecule has 4 heteroatoms. The van der Waals surface area contributed by atoms with Crippen molar-refractivity contribution < 1.29 is 0 Å². The van der Waals surface area contributed by atoms with Gasteiger partial charge < -0.3 is 5.73 Å². The minimum absolute atomic E-state index is 0.619. The van der Waals surface area contributed by atoms with Crippen molar-refractivity contribution in [3.63, 3.8) is 0 Å². The smallest absolute Gasteiger partial charge is 0.180 e. The molecule has 2 aromatic heterocycles. The Bertz CT molecular complexity index is 593. The number of aromatic nitrogens is 3. The van der Waals surface area contributed by atoms with Crippen LogP contribution in [-0.2, 0) is 0 Å². The number of nitrogens with two attached hydrogens (primary N) is 1. The van der Waals surface area contributed by atoms with Gasteiger partial charge in [-0.3, -0.25) is 0 Å². The second-order valence-electron chi connectivity index (χ2n) is 4.76. The molecule has 0 aliphatic heterocycles. The average Bonchev–Trinajstić information content (AvgIpc) is 2.90. The third-order valence-electron chi connectivity index (χ3n) is 3.95. The van der Waals surface area contributed by atoms with E-state index in [0.717, 1.165) is 11.2 Å². The van der Waals surface area contributed by atoms with Crippen LogP contribution in [0.15, 0.2) is 12.4 Å². The van der Waals surface area contributed by atoms with E-state index in [9.17, 15) is 0 Å². The monoisotopic (exact) mass is 212 g/mol. The summed E-state index contributed by atoms with van der Waals surface area (Å²) in [4.78, 5) is 13.2. The maximum Gasteiger partial charge on any atom is 0.180 e. The SMILES string of the molecule is Nc1c2c(nc3nccnc13)C1CCC2C1. The number of fused-ring (bicyclic) bond motifs is 6. The number of rotatable bonds is 0. The standard InChI is InChI=1S/C12H12N4/c13-9-8-6-1-2-7(5-6)10(8)16-12-11(9)14-3-4-15-12/h3-4,6-7H,1-2,5H2,(H2,13,15,16). The lowest BCUT2D eigenvalue weighted by Crippen LogP contribution is -2.07. The van der Waals surface area contributed by atoms with Gasteiger partial charge in [0.1, 0.15) is 5.52 Å². The van der Waals surface area contributed by atoms with Crippen LogP contribution in [-0.4, -0.2) is 15.0 Å². The van der Waals surface area contributed by atoms with Gasteiger partial charge in [-0.05, 0) is 25.2 Å². The number of hydrogen-bond acceptors (Lipinski definition) is 4. The topological polar surface area (TPSA) is 64.7 Å². The Balaban J connectivity index is 2.13. The number of hydrogen-bond donors (Lipinski definition) is 1. The molecule has 2 heterocycles. The fraction of sp³-hybridized carbons (Fsp3) is 0.417. The summed E-state index contributed by atoms with van der Waals surface area (Å²) in [5, 5.41) is 0. The minimum Gasteiger partial charge on any atom is -0.397 e. The van der Waals surface area contributed by atoms with Gasteiger partial charge >= 0.3 is 0 Å². The first-order valence-corrected chi connectivity index (χ1v) is 5.74. The van der Waals surface area contributed by atoms with Crippen molar-refractivity contribution in [1.82, 2.24) is 15.0 Å². The summed E-state index contributed by atoms with van der Waals surface area (Å²) in [5.41, 5.74) is 11.0. The van der Waals surface area contributed by atoms with E-state index in [2.05, 4.69) is 15.0 Å². The Morgan fingerprint density at radius 1 is 1.12 bits per heavy atom. The zero-order chi connectivity index (χ0) is 10.7. The molecule has 0 amide bonds. The van der Waals surface area contributed by atoms with Gasteiger partial charge in [-0.1, -0.05) is 0 Å². The van der Waals surface area contributed by atoms with Crippen molar-refractivity contribution in [3.05, 3.63) is 23.7 Å². The maximum absolute atomic E-state index is 6.21. The third-order valence-corrected chi connectivity index (χ3v) is 3.95. The van der Waals surface area contributed by atoms with E-state index in [1.54, 1.807) is 12.4 Å². The Hall–Kier alpha value is -1.71. The Kier molecular flexibility index (Phi) is 1.42. The number of nitrogen functional groups attached to an aromatic ring is 1. The Morgan fingerprint density at radius 3 is 2.88 bits per heavy atom. The highest BCUT2D eigenvalue weighted by molar-refractivity contribution is 5.87. The van der Waals surface area contributed by atoms with Crippen molar-refractivity contribution in [2.45, 2.75) is 31.1 Å². The summed E-state index contributed by atoms with van der Waals surface area (Å²) in [7, 11) is 0. The lowest BCUT2D eigenvalue weighted by atomic mass is 9.94. The average molecular weight is 212 g/mol. The molecule has 0 spiro atoms. The van der Waals surface area contributed by atoms with E-state index < -0.39 is 0 Å². The van der Waals surface area contributed by atoms with Crippen molar-refractivity contribution in [1.29, 1.82) is 0 Å². The molecule has 2 atom stereocenters. The molecule has 2 bridgehead atoms. The molecule has 2 aliphatic rings. The van der Waals surface area contributed by atoms with Crippen molar-refractivity contribution in [2.24, 2.45) is 0 Å². The predicted octanol–water partition coefficient (Wildman–Crippen LogP) is 1.97. The van der Waals surface area contributed by atoms with Crippen LogP contribution in [0.5, 0.6) is 0 Å². The van der Waals surface area contributed by atoms with Crippen LogP contribution in [0.3, 0.4) is 0 Å². The summed E-state index contributed by atoms with van der Waals surface area (Å²) in [5.74, 6) is 1.24. The van der Waals surface area contributed by atoms with Crippen molar-refractivity contribution in [2.75, 3.05) is 5.73 Å². The van der Waals surface area contributed by atoms with E-state index in [4.69, 9.17) is 5.73 Å². The molecule has 2 aromatic rings. The summed E-state index contributed by atoms with van der Waals surface area (Å²) < 4.78 is 0. The first-order valence-electron chi connectivity index (χ1n) is 5.74. The molecule has 4 nitrogen and oxygen atoms in total. The first-order chi connectivity index (χ1) is 7.84. The molecule has 2 unspecified atom stereocenters. The minimum atomic E-state index is 0.619. The molecular formula is C12H12N4. The van der Waals surface area contributed by atoms with E-state index in [-0.39, 0.29) is 0 Å². The second kappa shape index (κ2) is 2.70. The van der Waals surface area contributed by atoms with Crippen LogP contribution < -0.4 is 5.73 Å². The molecule has 0 saturated heterocycles. The first kappa shape index (κ1) is 8.44. The molecule has 80 valence electrons. The number of anilines is 1. The molecule has 1 fully saturated rings. The summed E-state index contributed by atoms with van der Waals surface area (Å²) in [6.45, 7) is 0. The van der Waals surface area contributed by atoms with Gasteiger partial charge in [-0.15, -0.1) is 0 Å². The molecular weight excluding hydrogens is 200 g/mol. The Labute approximate surface area is 92.9 Å². The van der Waals surface area contributed by atoms with Gasteiger partial charge in [0, 0.05) is 23.9 Å². The number of pyridine rings is 1. The largest absolute Gasteiger partial charge is 0.397 e. The van der Waals surface area contributed by atoms with Gasteiger partial charge in [0.25, 0.3) is 0 Å². The van der Waals surface area contributed by atoms with Crippen LogP contribution in [0.1, 0.15) is 42.4 Å². The quantitative estimate of drug-likeness (QED) is 0.725. The lowest BCUT2D eigenvalue weighted by molar-refractivity contribution is 0.701. The van der Waals surface area contributed by atoms with Gasteiger partial charge in [0.15, 0.2) is 5.65 Å². The summed E-state index contributed by atoms with van der Waals surface area (Å²) >= 11 is 0. The highest BCUT2D eigenvalue weighted by Crippen LogP contribution is 2.54. The molecule has 1 saturated carbocycles. The van der Waals surface area contributed by atoms with E-state index >= 15 is 0 Å². The molecule has 2 aliphatic carbocycles. The van der Waals surface area contributed by atoms with Gasteiger partial charge in [0.05, 0.1) is 11.4 Å². The van der Waals surface area contributed by atoms with E-state index in [1.807, 2.05) is 0 Å². The van der Waals surface area contributed by atoms with Gasteiger partial charge in [-0.2, -0.15) is 0 Å². The highest BCUT2D eigenvalue weighted by atomic mass is 14.9.